The largest absolute Gasteiger partial charge is 0.480 e. The first-order chi connectivity index (χ1) is 9.43. The molecule has 3 N–H and O–H groups in total. The van der Waals surface area contributed by atoms with Crippen molar-refractivity contribution in [1.82, 2.24) is 10.2 Å². The lowest BCUT2D eigenvalue weighted by molar-refractivity contribution is -0.139. The molecule has 0 heterocycles. The van der Waals surface area contributed by atoms with Crippen molar-refractivity contribution in [3.05, 3.63) is 35.6 Å². The first-order valence-electron chi connectivity index (χ1n) is 6.03. The van der Waals surface area contributed by atoms with Crippen LogP contribution in [0, 0.1) is 5.82 Å². The van der Waals surface area contributed by atoms with Gasteiger partial charge in [-0.1, -0.05) is 12.1 Å². The lowest BCUT2D eigenvalue weighted by Crippen LogP contribution is -2.46. The summed E-state index contributed by atoms with van der Waals surface area (Å²) in [5.74, 6) is -1.62. The maximum atomic E-state index is 13.0. The number of amides is 2. The van der Waals surface area contributed by atoms with E-state index in [9.17, 15) is 14.0 Å². The van der Waals surface area contributed by atoms with Gasteiger partial charge in [0.25, 0.3) is 0 Å². The lowest BCUT2D eigenvalue weighted by atomic mass is 10.2. The van der Waals surface area contributed by atoms with Gasteiger partial charge < -0.3 is 20.4 Å². The highest BCUT2D eigenvalue weighted by Gasteiger charge is 2.21. The molecule has 0 aliphatic rings. The SMILES string of the molecule is CN(Cc1cccc(F)c1)C(=O)N[C@H](CCO)C(=O)O. The Morgan fingerprint density at radius 1 is 1.45 bits per heavy atom. The summed E-state index contributed by atoms with van der Waals surface area (Å²) in [6, 6.07) is 4.03. The number of aliphatic hydroxyl groups excluding tert-OH is 1. The van der Waals surface area contributed by atoms with Gasteiger partial charge in [0.2, 0.25) is 0 Å². The molecular formula is C13H17FN2O4. The number of hydrogen-bond acceptors (Lipinski definition) is 3. The molecule has 6 nitrogen and oxygen atoms in total. The zero-order chi connectivity index (χ0) is 15.1. The van der Waals surface area contributed by atoms with Gasteiger partial charge in [-0.3, -0.25) is 0 Å². The summed E-state index contributed by atoms with van der Waals surface area (Å²) >= 11 is 0. The summed E-state index contributed by atoms with van der Waals surface area (Å²) in [5, 5.41) is 19.9. The molecule has 1 atom stereocenters. The molecule has 0 aliphatic carbocycles. The average molecular weight is 284 g/mol. The van der Waals surface area contributed by atoms with E-state index in [-0.39, 0.29) is 19.6 Å². The van der Waals surface area contributed by atoms with E-state index in [0.29, 0.717) is 5.56 Å². The van der Waals surface area contributed by atoms with Crippen molar-refractivity contribution in [2.75, 3.05) is 13.7 Å². The topological polar surface area (TPSA) is 89.9 Å². The molecule has 110 valence electrons. The third-order valence-electron chi connectivity index (χ3n) is 2.67. The quantitative estimate of drug-likeness (QED) is 0.721. The first-order valence-corrected chi connectivity index (χ1v) is 6.03. The Hall–Kier alpha value is -2.15. The van der Waals surface area contributed by atoms with Crippen LogP contribution in [-0.2, 0) is 11.3 Å². The number of aliphatic carboxylic acids is 1. The van der Waals surface area contributed by atoms with Gasteiger partial charge in [0, 0.05) is 26.6 Å². The van der Waals surface area contributed by atoms with Crippen molar-refractivity contribution in [3.63, 3.8) is 0 Å². The minimum absolute atomic E-state index is 0.0745. The molecule has 2 amide bonds. The maximum absolute atomic E-state index is 13.0. The fourth-order valence-corrected chi connectivity index (χ4v) is 1.63. The number of carbonyl (C=O) groups is 2. The van der Waals surface area contributed by atoms with Crippen LogP contribution in [0.3, 0.4) is 0 Å². The summed E-state index contributed by atoms with van der Waals surface area (Å²) in [7, 11) is 1.47. The Kier molecular flexibility index (Phi) is 5.92. The van der Waals surface area contributed by atoms with Gasteiger partial charge in [-0.2, -0.15) is 0 Å². The molecule has 0 aliphatic heterocycles. The van der Waals surface area contributed by atoms with E-state index in [1.54, 1.807) is 6.07 Å². The van der Waals surface area contributed by atoms with Crippen LogP contribution in [0.2, 0.25) is 0 Å². The third-order valence-corrected chi connectivity index (χ3v) is 2.67. The van der Waals surface area contributed by atoms with E-state index in [1.807, 2.05) is 0 Å². The van der Waals surface area contributed by atoms with E-state index in [0.717, 1.165) is 0 Å². The molecule has 0 fully saturated rings. The second-order valence-electron chi connectivity index (χ2n) is 4.34. The second kappa shape index (κ2) is 7.44. The number of carboxylic acids is 1. The normalized spacial score (nSPS) is 11.8. The molecule has 0 saturated carbocycles. The highest BCUT2D eigenvalue weighted by molar-refractivity contribution is 5.82. The molecule has 0 unspecified atom stereocenters. The standard InChI is InChI=1S/C13H17FN2O4/c1-16(8-9-3-2-4-10(14)7-9)13(20)15-11(5-6-17)12(18)19/h2-4,7,11,17H,5-6,8H2,1H3,(H,15,20)(H,18,19)/t11-/m1/s1. The number of hydrogen-bond donors (Lipinski definition) is 3. The number of aliphatic hydroxyl groups is 1. The Morgan fingerprint density at radius 2 is 2.15 bits per heavy atom. The second-order valence-corrected chi connectivity index (χ2v) is 4.34. The minimum Gasteiger partial charge on any atom is -0.480 e. The van der Waals surface area contributed by atoms with Gasteiger partial charge in [0.15, 0.2) is 0 Å². The molecule has 1 aromatic rings. The first kappa shape index (κ1) is 15.9. The van der Waals surface area contributed by atoms with Crippen molar-refractivity contribution < 1.29 is 24.2 Å². The van der Waals surface area contributed by atoms with Crippen LogP contribution in [0.5, 0.6) is 0 Å². The predicted octanol–water partition coefficient (Wildman–Crippen LogP) is 0.803. The number of carbonyl (C=O) groups excluding carboxylic acids is 1. The number of nitrogens with zero attached hydrogens (tertiary/aromatic N) is 1. The van der Waals surface area contributed by atoms with Crippen LogP contribution in [0.25, 0.3) is 0 Å². The van der Waals surface area contributed by atoms with Gasteiger partial charge in [-0.05, 0) is 17.7 Å². The smallest absolute Gasteiger partial charge is 0.326 e. The summed E-state index contributed by atoms with van der Waals surface area (Å²) in [6.45, 7) is -0.195. The molecule has 0 radical (unpaired) electrons. The van der Waals surface area contributed by atoms with E-state index in [1.165, 1.54) is 30.1 Å². The van der Waals surface area contributed by atoms with Gasteiger partial charge in [-0.25, -0.2) is 14.0 Å². The molecule has 0 spiro atoms. The number of benzene rings is 1. The monoisotopic (exact) mass is 284 g/mol. The Bertz CT molecular complexity index is 481. The summed E-state index contributed by atoms with van der Waals surface area (Å²) in [6.07, 6.45) is -0.0745. The van der Waals surface area contributed by atoms with Crippen molar-refractivity contribution in [2.24, 2.45) is 0 Å². The van der Waals surface area contributed by atoms with Crippen LogP contribution in [0.1, 0.15) is 12.0 Å². The molecule has 0 saturated heterocycles. The number of rotatable bonds is 6. The van der Waals surface area contributed by atoms with Gasteiger partial charge in [-0.15, -0.1) is 0 Å². The summed E-state index contributed by atoms with van der Waals surface area (Å²) in [4.78, 5) is 23.9. The van der Waals surface area contributed by atoms with E-state index in [2.05, 4.69) is 5.32 Å². The number of halogens is 1. The Balaban J connectivity index is 2.60. The van der Waals surface area contributed by atoms with Crippen molar-refractivity contribution in [2.45, 2.75) is 19.0 Å². The average Bonchev–Trinajstić information content (AvgIpc) is 2.37. The summed E-state index contributed by atoms with van der Waals surface area (Å²) in [5.41, 5.74) is 0.594. The fourth-order valence-electron chi connectivity index (χ4n) is 1.63. The zero-order valence-corrected chi connectivity index (χ0v) is 11.0. The molecular weight excluding hydrogens is 267 g/mol. The molecule has 1 aromatic carbocycles. The minimum atomic E-state index is -1.22. The van der Waals surface area contributed by atoms with Crippen LogP contribution in [0.15, 0.2) is 24.3 Å². The number of nitrogens with one attached hydrogen (secondary N) is 1. The van der Waals surface area contributed by atoms with Crippen molar-refractivity contribution in [1.29, 1.82) is 0 Å². The molecule has 7 heteroatoms. The van der Waals surface area contributed by atoms with E-state index in [4.69, 9.17) is 10.2 Å². The highest BCUT2D eigenvalue weighted by atomic mass is 19.1. The van der Waals surface area contributed by atoms with Crippen LogP contribution < -0.4 is 5.32 Å². The molecule has 20 heavy (non-hydrogen) atoms. The van der Waals surface area contributed by atoms with Crippen LogP contribution >= 0.6 is 0 Å². The fraction of sp³-hybridized carbons (Fsp3) is 0.385. The van der Waals surface area contributed by atoms with E-state index >= 15 is 0 Å². The van der Waals surface area contributed by atoms with E-state index < -0.39 is 23.9 Å². The van der Waals surface area contributed by atoms with Crippen LogP contribution in [0.4, 0.5) is 9.18 Å². The summed E-state index contributed by atoms with van der Waals surface area (Å²) < 4.78 is 13.0. The molecule has 0 bridgehead atoms. The maximum Gasteiger partial charge on any atom is 0.326 e. The van der Waals surface area contributed by atoms with Gasteiger partial charge in [0.1, 0.15) is 11.9 Å². The van der Waals surface area contributed by atoms with Gasteiger partial charge >= 0.3 is 12.0 Å². The highest BCUT2D eigenvalue weighted by Crippen LogP contribution is 2.06. The molecule has 0 aromatic heterocycles. The van der Waals surface area contributed by atoms with Crippen molar-refractivity contribution >= 4 is 12.0 Å². The van der Waals surface area contributed by atoms with Crippen molar-refractivity contribution in [3.8, 4) is 0 Å². The number of urea groups is 1. The number of carboxylic acid groups (broad SMARTS) is 1. The molecule has 1 rings (SSSR count). The predicted molar refractivity (Wildman–Crippen MR) is 69.5 cm³/mol. The Labute approximate surface area is 115 Å². The van der Waals surface area contributed by atoms with Crippen LogP contribution in [-0.4, -0.2) is 46.8 Å². The van der Waals surface area contributed by atoms with Gasteiger partial charge in [0.05, 0.1) is 0 Å². The Morgan fingerprint density at radius 3 is 2.70 bits per heavy atom. The third kappa shape index (κ3) is 4.85. The lowest BCUT2D eigenvalue weighted by Gasteiger charge is -2.21. The zero-order valence-electron chi connectivity index (χ0n) is 11.0.